The molecule has 0 saturated heterocycles. The second kappa shape index (κ2) is 5.58. The number of H-pyrrole nitrogens is 1. The molecule has 0 unspecified atom stereocenters. The summed E-state index contributed by atoms with van der Waals surface area (Å²) < 4.78 is 5.32. The Morgan fingerprint density at radius 2 is 2.00 bits per heavy atom. The lowest BCUT2D eigenvalue weighted by Crippen LogP contribution is -2.14. The third kappa shape index (κ3) is 2.95. The third-order valence-electron chi connectivity index (χ3n) is 2.44. The Hall–Kier alpha value is -2.27. The molecule has 6 heteroatoms. The average molecular weight is 280 g/mol. The van der Waals surface area contributed by atoms with Gasteiger partial charge in [-0.05, 0) is 5.56 Å². The van der Waals surface area contributed by atoms with Crippen LogP contribution in [0.3, 0.4) is 0 Å². The fraction of sp³-hybridized carbons (Fsp3) is 0.0769. The summed E-state index contributed by atoms with van der Waals surface area (Å²) in [6.45, 7) is 0.201. The zero-order valence-corrected chi connectivity index (χ0v) is 10.5. The van der Waals surface area contributed by atoms with E-state index in [1.165, 1.54) is 6.20 Å². The van der Waals surface area contributed by atoms with Crippen molar-refractivity contribution in [2.24, 2.45) is 0 Å². The van der Waals surface area contributed by atoms with Crippen molar-refractivity contribution in [1.82, 2.24) is 4.98 Å². The van der Waals surface area contributed by atoms with Gasteiger partial charge in [0.25, 0.3) is 0 Å². The lowest BCUT2D eigenvalue weighted by Gasteiger charge is -2.06. The molecule has 0 aliphatic carbocycles. The van der Waals surface area contributed by atoms with Crippen molar-refractivity contribution in [2.75, 3.05) is 0 Å². The highest BCUT2D eigenvalue weighted by Crippen LogP contribution is 2.14. The highest BCUT2D eigenvalue weighted by molar-refractivity contribution is 6.33. The van der Waals surface area contributed by atoms with Crippen molar-refractivity contribution in [1.29, 1.82) is 0 Å². The molecule has 0 fully saturated rings. The maximum atomic E-state index is 11.8. The van der Waals surface area contributed by atoms with E-state index in [0.29, 0.717) is 0 Å². The Balaban J connectivity index is 2.21. The molecule has 2 aromatic rings. The Morgan fingerprint density at radius 3 is 2.63 bits per heavy atom. The number of aromatic nitrogens is 1. The maximum Gasteiger partial charge on any atom is 0.354 e. The molecule has 0 atom stereocenters. The second-order valence-electron chi connectivity index (χ2n) is 3.75. The second-order valence-corrected chi connectivity index (χ2v) is 4.13. The topological polar surface area (TPSA) is 79.4 Å². The number of pyridine rings is 1. The molecule has 0 radical (unpaired) electrons. The molecule has 19 heavy (non-hydrogen) atoms. The number of nitrogens with one attached hydrogen (secondary N) is 1. The molecule has 2 N–H and O–H groups in total. The van der Waals surface area contributed by atoms with Gasteiger partial charge in [0.2, 0.25) is 5.43 Å². The van der Waals surface area contributed by atoms with E-state index in [4.69, 9.17) is 21.4 Å². The van der Waals surface area contributed by atoms with E-state index in [2.05, 4.69) is 4.98 Å². The minimum absolute atomic E-state index is 0.0150. The molecule has 1 aromatic heterocycles. The highest BCUT2D eigenvalue weighted by Gasteiger charge is 2.15. The monoisotopic (exact) mass is 279 g/mol. The number of carbonyl (C=O) groups is 1. The number of carboxylic acids is 1. The van der Waals surface area contributed by atoms with Gasteiger partial charge in [0.15, 0.2) is 5.75 Å². The number of halogens is 1. The largest absolute Gasteiger partial charge is 0.483 e. The molecule has 0 amide bonds. The summed E-state index contributed by atoms with van der Waals surface area (Å²) in [5.41, 5.74) is -0.104. The Morgan fingerprint density at radius 1 is 1.32 bits per heavy atom. The van der Waals surface area contributed by atoms with Gasteiger partial charge in [0.1, 0.15) is 17.3 Å². The lowest BCUT2D eigenvalue weighted by atomic mass is 10.2. The summed E-state index contributed by atoms with van der Waals surface area (Å²) >= 11 is 5.67. The average Bonchev–Trinajstić information content (AvgIpc) is 2.41. The van der Waals surface area contributed by atoms with Gasteiger partial charge in [-0.2, -0.15) is 0 Å². The first kappa shape index (κ1) is 13.2. The number of aromatic carboxylic acids is 1. The van der Waals surface area contributed by atoms with E-state index in [-0.39, 0.29) is 18.1 Å². The SMILES string of the molecule is O=C(O)c1[nH]cc(OCc2ccccc2)c(=O)c1Cl. The third-order valence-corrected chi connectivity index (χ3v) is 2.80. The summed E-state index contributed by atoms with van der Waals surface area (Å²) in [5, 5.41) is 8.40. The van der Waals surface area contributed by atoms with Crippen LogP contribution in [0.5, 0.6) is 5.75 Å². The molecule has 5 nitrogen and oxygen atoms in total. The van der Waals surface area contributed by atoms with Gasteiger partial charge in [0, 0.05) is 6.20 Å². The van der Waals surface area contributed by atoms with Gasteiger partial charge in [-0.25, -0.2) is 4.79 Å². The number of hydrogen-bond acceptors (Lipinski definition) is 3. The number of aromatic amines is 1. The highest BCUT2D eigenvalue weighted by atomic mass is 35.5. The van der Waals surface area contributed by atoms with Crippen LogP contribution in [0.2, 0.25) is 5.02 Å². The van der Waals surface area contributed by atoms with Crippen LogP contribution >= 0.6 is 11.6 Å². The molecule has 0 aliphatic rings. The van der Waals surface area contributed by atoms with E-state index in [1.807, 2.05) is 30.3 Å². The van der Waals surface area contributed by atoms with Gasteiger partial charge < -0.3 is 14.8 Å². The van der Waals surface area contributed by atoms with E-state index >= 15 is 0 Å². The van der Waals surface area contributed by atoms with Crippen molar-refractivity contribution in [2.45, 2.75) is 6.61 Å². The normalized spacial score (nSPS) is 10.2. The van der Waals surface area contributed by atoms with Crippen LogP contribution < -0.4 is 10.2 Å². The summed E-state index contributed by atoms with van der Waals surface area (Å²) in [4.78, 5) is 25.0. The van der Waals surface area contributed by atoms with E-state index in [1.54, 1.807) is 0 Å². The standard InChI is InChI=1S/C13H10ClNO4/c14-10-11(13(17)18)15-6-9(12(10)16)19-7-8-4-2-1-3-5-8/h1-6H,7H2,(H,15,16)(H,17,18). The smallest absolute Gasteiger partial charge is 0.354 e. The predicted octanol–water partition coefficient (Wildman–Crippen LogP) is 2.31. The number of rotatable bonds is 4. The first-order valence-corrected chi connectivity index (χ1v) is 5.78. The van der Waals surface area contributed by atoms with Gasteiger partial charge in [-0.15, -0.1) is 0 Å². The fourth-order valence-electron chi connectivity index (χ4n) is 1.49. The quantitative estimate of drug-likeness (QED) is 0.900. The fourth-order valence-corrected chi connectivity index (χ4v) is 1.71. The molecule has 0 aliphatic heterocycles. The van der Waals surface area contributed by atoms with Gasteiger partial charge >= 0.3 is 5.97 Å². The predicted molar refractivity (Wildman–Crippen MR) is 69.8 cm³/mol. The molecule has 0 bridgehead atoms. The van der Waals surface area contributed by atoms with Crippen LogP contribution in [-0.4, -0.2) is 16.1 Å². The molecule has 0 spiro atoms. The number of carboxylic acid groups (broad SMARTS) is 1. The molecule has 1 heterocycles. The van der Waals surface area contributed by atoms with Gasteiger partial charge in [-0.3, -0.25) is 4.79 Å². The first-order chi connectivity index (χ1) is 9.09. The minimum Gasteiger partial charge on any atom is -0.483 e. The van der Waals surface area contributed by atoms with Crippen LogP contribution in [0.1, 0.15) is 16.1 Å². The summed E-state index contributed by atoms with van der Waals surface area (Å²) in [6.07, 6.45) is 1.20. The zero-order valence-electron chi connectivity index (χ0n) is 9.72. The lowest BCUT2D eigenvalue weighted by molar-refractivity contribution is 0.0690. The van der Waals surface area contributed by atoms with Crippen molar-refractivity contribution in [3.05, 3.63) is 63.0 Å². The zero-order chi connectivity index (χ0) is 13.8. The minimum atomic E-state index is -1.29. The van der Waals surface area contributed by atoms with Crippen molar-refractivity contribution in [3.63, 3.8) is 0 Å². The molecular weight excluding hydrogens is 270 g/mol. The summed E-state index contributed by atoms with van der Waals surface area (Å²) in [7, 11) is 0. The van der Waals surface area contributed by atoms with Crippen LogP contribution in [0.15, 0.2) is 41.3 Å². The van der Waals surface area contributed by atoms with Gasteiger partial charge in [0.05, 0.1) is 0 Å². The molecule has 98 valence electrons. The van der Waals surface area contributed by atoms with Crippen LogP contribution in [0, 0.1) is 0 Å². The molecular formula is C13H10ClNO4. The van der Waals surface area contributed by atoms with Crippen molar-refractivity contribution >= 4 is 17.6 Å². The van der Waals surface area contributed by atoms with Crippen LogP contribution in [-0.2, 0) is 6.61 Å². The van der Waals surface area contributed by atoms with Crippen molar-refractivity contribution < 1.29 is 14.6 Å². The maximum absolute atomic E-state index is 11.8. The summed E-state index contributed by atoms with van der Waals surface area (Å²) in [5.74, 6) is -1.31. The molecule has 2 rings (SSSR count). The Labute approximate surface area is 113 Å². The van der Waals surface area contributed by atoms with E-state index in [0.717, 1.165) is 5.56 Å². The Bertz CT molecular complexity index is 651. The molecule has 1 aromatic carbocycles. The number of hydrogen-bond donors (Lipinski definition) is 2. The molecule has 0 saturated carbocycles. The summed E-state index contributed by atoms with van der Waals surface area (Å²) in [6, 6.07) is 9.27. The first-order valence-electron chi connectivity index (χ1n) is 5.41. The number of benzene rings is 1. The number of ether oxygens (including phenoxy) is 1. The Kier molecular flexibility index (Phi) is 3.87. The van der Waals surface area contributed by atoms with E-state index < -0.39 is 16.4 Å². The van der Waals surface area contributed by atoms with Gasteiger partial charge in [-0.1, -0.05) is 41.9 Å². The van der Waals surface area contributed by atoms with Crippen LogP contribution in [0.4, 0.5) is 0 Å². The van der Waals surface area contributed by atoms with Crippen molar-refractivity contribution in [3.8, 4) is 5.75 Å². The van der Waals surface area contributed by atoms with Crippen LogP contribution in [0.25, 0.3) is 0 Å². The van der Waals surface area contributed by atoms with E-state index in [9.17, 15) is 9.59 Å².